The summed E-state index contributed by atoms with van der Waals surface area (Å²) in [5, 5.41) is 4.01. The second kappa shape index (κ2) is 5.48. The van der Waals surface area contributed by atoms with Gasteiger partial charge in [0.15, 0.2) is 5.13 Å². The minimum absolute atomic E-state index is 0.0786. The van der Waals surface area contributed by atoms with E-state index in [0.717, 1.165) is 18.2 Å². The van der Waals surface area contributed by atoms with Crippen molar-refractivity contribution in [2.45, 2.75) is 51.5 Å². The van der Waals surface area contributed by atoms with Crippen molar-refractivity contribution < 1.29 is 4.79 Å². The Morgan fingerprint density at radius 2 is 2.00 bits per heavy atom. The van der Waals surface area contributed by atoms with E-state index in [1.165, 1.54) is 43.4 Å². The minimum atomic E-state index is -0.154. The monoisotopic (exact) mass is 308 g/mol. The summed E-state index contributed by atoms with van der Waals surface area (Å²) in [5.74, 6) is 0.881. The maximum Gasteiger partial charge on any atom is 0.265 e. The molecule has 1 amide bonds. The van der Waals surface area contributed by atoms with Crippen molar-refractivity contribution in [3.05, 3.63) is 4.88 Å². The molecule has 5 nitrogen and oxygen atoms in total. The molecule has 116 valence electrons. The van der Waals surface area contributed by atoms with Gasteiger partial charge in [0.1, 0.15) is 10.7 Å². The third-order valence-corrected chi connectivity index (χ3v) is 5.64. The molecule has 6 heteroatoms. The molecule has 1 aromatic heterocycles. The highest BCUT2D eigenvalue weighted by atomic mass is 32.1. The number of hydrogen-bond donors (Lipinski definition) is 2. The van der Waals surface area contributed by atoms with Gasteiger partial charge in [-0.25, -0.2) is 4.98 Å². The second-order valence-electron chi connectivity index (χ2n) is 6.71. The van der Waals surface area contributed by atoms with Gasteiger partial charge in [0.25, 0.3) is 5.91 Å². The van der Waals surface area contributed by atoms with Crippen molar-refractivity contribution in [3.8, 4) is 0 Å². The molecule has 2 aliphatic rings. The number of aromatic nitrogens is 1. The smallest absolute Gasteiger partial charge is 0.265 e. The number of anilines is 2. The fourth-order valence-electron chi connectivity index (χ4n) is 2.96. The zero-order valence-corrected chi connectivity index (χ0v) is 13.6. The largest absolute Gasteiger partial charge is 0.382 e. The van der Waals surface area contributed by atoms with E-state index in [1.807, 2.05) is 0 Å². The fraction of sp³-hybridized carbons (Fsp3) is 0.733. The molecule has 0 spiro atoms. The first kappa shape index (κ1) is 14.6. The van der Waals surface area contributed by atoms with Crippen LogP contribution in [-0.4, -0.2) is 29.5 Å². The van der Waals surface area contributed by atoms with Crippen molar-refractivity contribution >= 4 is 28.2 Å². The number of piperidine rings is 1. The highest BCUT2D eigenvalue weighted by Crippen LogP contribution is 2.39. The van der Waals surface area contributed by atoms with Gasteiger partial charge >= 0.3 is 0 Å². The second-order valence-corrected chi connectivity index (χ2v) is 7.69. The highest BCUT2D eigenvalue weighted by Gasteiger charge is 2.39. The summed E-state index contributed by atoms with van der Waals surface area (Å²) in [6, 6.07) is 0. The van der Waals surface area contributed by atoms with Crippen LogP contribution in [-0.2, 0) is 0 Å². The van der Waals surface area contributed by atoms with Crippen molar-refractivity contribution in [2.24, 2.45) is 5.92 Å². The normalized spacial score (nSPS) is 19.6. The van der Waals surface area contributed by atoms with Gasteiger partial charge in [-0.3, -0.25) is 4.79 Å². The summed E-state index contributed by atoms with van der Waals surface area (Å²) in [7, 11) is 0. The molecular weight excluding hydrogens is 284 g/mol. The Morgan fingerprint density at radius 1 is 1.33 bits per heavy atom. The van der Waals surface area contributed by atoms with Gasteiger partial charge in [0.05, 0.1) is 0 Å². The molecule has 1 saturated heterocycles. The van der Waals surface area contributed by atoms with Crippen LogP contribution in [0, 0.1) is 5.92 Å². The van der Waals surface area contributed by atoms with Crippen LogP contribution in [0.2, 0.25) is 0 Å². The molecule has 0 aromatic carbocycles. The number of carbonyl (C=O) groups excluding carboxylic acids is 1. The molecule has 0 radical (unpaired) electrons. The van der Waals surface area contributed by atoms with E-state index < -0.39 is 0 Å². The zero-order valence-electron chi connectivity index (χ0n) is 12.8. The van der Waals surface area contributed by atoms with Gasteiger partial charge in [-0.05, 0) is 51.9 Å². The Kier molecular flexibility index (Phi) is 3.82. The first-order valence-corrected chi connectivity index (χ1v) is 8.63. The summed E-state index contributed by atoms with van der Waals surface area (Å²) in [4.78, 5) is 19.7. The van der Waals surface area contributed by atoms with Crippen molar-refractivity contribution in [1.29, 1.82) is 0 Å². The molecule has 0 bridgehead atoms. The Morgan fingerprint density at radius 3 is 2.62 bits per heavy atom. The van der Waals surface area contributed by atoms with E-state index >= 15 is 0 Å². The van der Waals surface area contributed by atoms with Gasteiger partial charge in [-0.15, -0.1) is 0 Å². The van der Waals surface area contributed by atoms with E-state index in [0.29, 0.717) is 16.6 Å². The average molecular weight is 308 g/mol. The zero-order chi connectivity index (χ0) is 15.0. The van der Waals surface area contributed by atoms with Gasteiger partial charge < -0.3 is 16.0 Å². The van der Waals surface area contributed by atoms with Crippen molar-refractivity contribution in [3.63, 3.8) is 0 Å². The third kappa shape index (κ3) is 3.15. The maximum atomic E-state index is 12.5. The molecular formula is C15H24N4OS. The number of nitrogens with one attached hydrogen (secondary N) is 1. The lowest BCUT2D eigenvalue weighted by molar-refractivity contribution is 0.0908. The topological polar surface area (TPSA) is 71.2 Å². The van der Waals surface area contributed by atoms with Crippen LogP contribution in [0.5, 0.6) is 0 Å². The number of nitrogens with two attached hydrogens (primary N) is 1. The molecule has 1 aliphatic heterocycles. The molecule has 2 heterocycles. The molecule has 3 rings (SSSR count). The van der Waals surface area contributed by atoms with Gasteiger partial charge in [0, 0.05) is 18.6 Å². The molecule has 1 saturated carbocycles. The van der Waals surface area contributed by atoms with Gasteiger partial charge in [-0.1, -0.05) is 11.3 Å². The predicted molar refractivity (Wildman–Crippen MR) is 86.9 cm³/mol. The van der Waals surface area contributed by atoms with Crippen LogP contribution >= 0.6 is 11.3 Å². The number of rotatable bonds is 4. The minimum Gasteiger partial charge on any atom is -0.382 e. The summed E-state index contributed by atoms with van der Waals surface area (Å²) < 4.78 is 0. The molecule has 1 aliphatic carbocycles. The molecule has 3 N–H and O–H groups in total. The predicted octanol–water partition coefficient (Wildman–Crippen LogP) is 2.63. The Bertz CT molecular complexity index is 530. The van der Waals surface area contributed by atoms with E-state index in [-0.39, 0.29) is 11.4 Å². The highest BCUT2D eigenvalue weighted by molar-refractivity contribution is 7.18. The SMILES string of the molecule is CC(C)(NC(=O)c1sc(N2CCCCC2)nc1N)C1CC1. The standard InChI is InChI=1S/C15H24N4OS/c1-15(2,10-6-7-10)18-13(20)11-12(16)17-14(21-11)19-8-4-3-5-9-19/h10H,3-9,16H2,1-2H3,(H,18,20). The van der Waals surface area contributed by atoms with Crippen LogP contribution in [0.15, 0.2) is 0 Å². The third-order valence-electron chi connectivity index (χ3n) is 4.51. The van der Waals surface area contributed by atoms with Crippen LogP contribution in [0.1, 0.15) is 55.6 Å². The number of carbonyl (C=O) groups is 1. The summed E-state index contributed by atoms with van der Waals surface area (Å²) >= 11 is 1.42. The van der Waals surface area contributed by atoms with Crippen LogP contribution < -0.4 is 16.0 Å². The van der Waals surface area contributed by atoms with Gasteiger partial charge in [-0.2, -0.15) is 0 Å². The Balaban J connectivity index is 1.72. The number of nitrogens with zero attached hydrogens (tertiary/aromatic N) is 2. The summed E-state index contributed by atoms with van der Waals surface area (Å²) in [6.07, 6.45) is 6.06. The van der Waals surface area contributed by atoms with E-state index in [2.05, 4.69) is 29.0 Å². The van der Waals surface area contributed by atoms with E-state index in [9.17, 15) is 4.79 Å². The van der Waals surface area contributed by atoms with Crippen molar-refractivity contribution in [2.75, 3.05) is 23.7 Å². The molecule has 0 unspecified atom stereocenters. The molecule has 0 atom stereocenters. The lowest BCUT2D eigenvalue weighted by atomic mass is 9.99. The summed E-state index contributed by atoms with van der Waals surface area (Å²) in [5.41, 5.74) is 5.82. The quantitative estimate of drug-likeness (QED) is 0.897. The fourth-order valence-corrected chi connectivity index (χ4v) is 3.89. The first-order valence-electron chi connectivity index (χ1n) is 7.81. The number of amides is 1. The van der Waals surface area contributed by atoms with Crippen LogP contribution in [0.4, 0.5) is 10.9 Å². The molecule has 21 heavy (non-hydrogen) atoms. The number of thiazole rings is 1. The molecule has 1 aromatic rings. The lowest BCUT2D eigenvalue weighted by Gasteiger charge is -2.26. The van der Waals surface area contributed by atoms with E-state index in [4.69, 9.17) is 5.73 Å². The Hall–Kier alpha value is -1.30. The maximum absolute atomic E-state index is 12.5. The van der Waals surface area contributed by atoms with Crippen LogP contribution in [0.3, 0.4) is 0 Å². The molecule has 2 fully saturated rings. The van der Waals surface area contributed by atoms with Gasteiger partial charge in [0.2, 0.25) is 0 Å². The van der Waals surface area contributed by atoms with E-state index in [1.54, 1.807) is 0 Å². The summed E-state index contributed by atoms with van der Waals surface area (Å²) in [6.45, 7) is 6.21. The van der Waals surface area contributed by atoms with Crippen LogP contribution in [0.25, 0.3) is 0 Å². The Labute approximate surface area is 129 Å². The lowest BCUT2D eigenvalue weighted by Crippen LogP contribution is -2.45. The first-order chi connectivity index (χ1) is 9.97. The van der Waals surface area contributed by atoms with Crippen molar-refractivity contribution in [1.82, 2.24) is 10.3 Å². The average Bonchev–Trinajstić information content (AvgIpc) is 3.23. The number of nitrogen functional groups attached to an aromatic ring is 1. The number of hydrogen-bond acceptors (Lipinski definition) is 5.